The fraction of sp³-hybridized carbons (Fsp3) is 0.286. The van der Waals surface area contributed by atoms with Crippen molar-refractivity contribution in [1.82, 2.24) is 0 Å². The monoisotopic (exact) mass is 468 g/mol. The molecule has 1 atom stereocenters. The Bertz CT molecular complexity index is 1700. The van der Waals surface area contributed by atoms with Crippen molar-refractivity contribution in [3.8, 4) is 22.4 Å². The van der Waals surface area contributed by atoms with Gasteiger partial charge in [-0.25, -0.2) is 0 Å². The van der Waals surface area contributed by atoms with Crippen LogP contribution in [0.5, 0.6) is 0 Å². The number of rotatable bonds is 2. The first-order valence-corrected chi connectivity index (χ1v) is 13.6. The summed E-state index contributed by atoms with van der Waals surface area (Å²) in [6, 6.07) is 30.4. The van der Waals surface area contributed by atoms with E-state index in [9.17, 15) is 0 Å². The molecule has 0 saturated heterocycles. The molecular formula is C35H34N+. The highest BCUT2D eigenvalue weighted by molar-refractivity contribution is 6.11. The number of hydrogen-bond donors (Lipinski definition) is 0. The lowest BCUT2D eigenvalue weighted by Gasteiger charge is -2.40. The van der Waals surface area contributed by atoms with Gasteiger partial charge in [-0.2, -0.15) is 4.57 Å². The van der Waals surface area contributed by atoms with Crippen LogP contribution in [0.25, 0.3) is 43.9 Å². The van der Waals surface area contributed by atoms with Crippen LogP contribution >= 0.6 is 0 Å². The molecule has 5 aromatic rings. The quantitative estimate of drug-likeness (QED) is 0.180. The lowest BCUT2D eigenvalue weighted by atomic mass is 9.65. The zero-order valence-electron chi connectivity index (χ0n) is 22.0. The first-order valence-electron chi connectivity index (χ1n) is 13.6. The summed E-state index contributed by atoms with van der Waals surface area (Å²) < 4.78 is 2.59. The standard InChI is InChI=1S/C35H34N/c1-6-35(7-2)22(3)36-19-18-25-24-13-9-8-12-23(24)16-17-27(25)33(36)29-21-31-28(20-32(29)35)26-14-10-11-15-30(26)34(31,4)5/h8-22H,6-7H2,1-5H3/q+1. The van der Waals surface area contributed by atoms with Gasteiger partial charge in [0.05, 0.1) is 16.4 Å². The second-order valence-electron chi connectivity index (χ2n) is 11.5. The highest BCUT2D eigenvalue weighted by Crippen LogP contribution is 2.55. The minimum absolute atomic E-state index is 0.00673. The van der Waals surface area contributed by atoms with Crippen molar-refractivity contribution in [2.24, 2.45) is 0 Å². The maximum atomic E-state index is 2.59. The first kappa shape index (κ1) is 21.8. The van der Waals surface area contributed by atoms with Gasteiger partial charge in [0.15, 0.2) is 12.2 Å². The lowest BCUT2D eigenvalue weighted by molar-refractivity contribution is -0.720. The third-order valence-electron chi connectivity index (χ3n) is 9.88. The average Bonchev–Trinajstić information content (AvgIpc) is 3.14. The van der Waals surface area contributed by atoms with Gasteiger partial charge in [-0.1, -0.05) is 82.3 Å². The van der Waals surface area contributed by atoms with Crippen LogP contribution in [0, 0.1) is 0 Å². The van der Waals surface area contributed by atoms with Crippen molar-refractivity contribution in [2.45, 2.75) is 64.3 Å². The fourth-order valence-electron chi connectivity index (χ4n) is 7.73. The van der Waals surface area contributed by atoms with Crippen LogP contribution in [0.2, 0.25) is 0 Å². The minimum Gasteiger partial charge on any atom is -0.194 e. The van der Waals surface area contributed by atoms with Crippen LogP contribution in [-0.2, 0) is 10.8 Å². The number of fused-ring (bicyclic) bond motifs is 10. The predicted octanol–water partition coefficient (Wildman–Crippen LogP) is 8.89. The molecule has 7 rings (SSSR count). The summed E-state index contributed by atoms with van der Waals surface area (Å²) in [6.07, 6.45) is 4.62. The zero-order chi connectivity index (χ0) is 24.8. The Labute approximate surface area is 214 Å². The summed E-state index contributed by atoms with van der Waals surface area (Å²) in [5.74, 6) is 0. The summed E-state index contributed by atoms with van der Waals surface area (Å²) in [6.45, 7) is 12.0. The molecule has 1 aliphatic carbocycles. The zero-order valence-corrected chi connectivity index (χ0v) is 22.0. The van der Waals surface area contributed by atoms with E-state index in [0.29, 0.717) is 6.04 Å². The number of benzene rings is 4. The van der Waals surface area contributed by atoms with Crippen molar-refractivity contribution in [1.29, 1.82) is 0 Å². The molecule has 0 spiro atoms. The van der Waals surface area contributed by atoms with Gasteiger partial charge < -0.3 is 0 Å². The molecule has 4 aromatic carbocycles. The van der Waals surface area contributed by atoms with Gasteiger partial charge in [-0.3, -0.25) is 0 Å². The van der Waals surface area contributed by atoms with E-state index in [1.807, 2.05) is 0 Å². The highest BCUT2D eigenvalue weighted by Gasteiger charge is 2.50. The topological polar surface area (TPSA) is 3.88 Å². The molecule has 0 amide bonds. The van der Waals surface area contributed by atoms with Gasteiger partial charge in [0.2, 0.25) is 5.69 Å². The third kappa shape index (κ3) is 2.54. The molecular weight excluding hydrogens is 434 g/mol. The van der Waals surface area contributed by atoms with Gasteiger partial charge in [-0.15, -0.1) is 0 Å². The lowest BCUT2D eigenvalue weighted by Crippen LogP contribution is -2.54. The Hall–Kier alpha value is -3.45. The van der Waals surface area contributed by atoms with Crippen LogP contribution in [0.1, 0.15) is 70.2 Å². The maximum absolute atomic E-state index is 2.59. The molecule has 1 unspecified atom stereocenters. The second-order valence-corrected chi connectivity index (χ2v) is 11.5. The number of pyridine rings is 1. The molecule has 0 radical (unpaired) electrons. The van der Waals surface area contributed by atoms with Gasteiger partial charge in [-0.05, 0) is 76.6 Å². The summed E-state index contributed by atoms with van der Waals surface area (Å²) in [5.41, 5.74) is 10.2. The molecule has 1 aromatic heterocycles. The molecule has 0 bridgehead atoms. The van der Waals surface area contributed by atoms with Gasteiger partial charge >= 0.3 is 0 Å². The van der Waals surface area contributed by atoms with E-state index in [0.717, 1.165) is 12.8 Å². The second kappa shape index (κ2) is 7.29. The SMILES string of the molecule is CCC1(CC)c2cc3c(cc2-c2c4ccc5ccccc5c4cc[n+]2C1C)C(C)(C)c1ccccc1-3. The largest absolute Gasteiger partial charge is 0.220 e. The molecule has 0 saturated carbocycles. The molecule has 1 heteroatoms. The summed E-state index contributed by atoms with van der Waals surface area (Å²) in [4.78, 5) is 0. The van der Waals surface area contributed by atoms with E-state index < -0.39 is 0 Å². The van der Waals surface area contributed by atoms with E-state index in [4.69, 9.17) is 0 Å². The molecule has 0 N–H and O–H groups in total. The highest BCUT2D eigenvalue weighted by atomic mass is 15.0. The van der Waals surface area contributed by atoms with Crippen LogP contribution in [0.4, 0.5) is 0 Å². The summed E-state index contributed by atoms with van der Waals surface area (Å²) >= 11 is 0. The van der Waals surface area contributed by atoms with Crippen LogP contribution in [0.15, 0.2) is 85.1 Å². The van der Waals surface area contributed by atoms with Gasteiger partial charge in [0, 0.05) is 16.9 Å². The van der Waals surface area contributed by atoms with E-state index >= 15 is 0 Å². The molecule has 36 heavy (non-hydrogen) atoms. The van der Waals surface area contributed by atoms with E-state index in [1.165, 1.54) is 60.6 Å². The van der Waals surface area contributed by atoms with Crippen LogP contribution in [-0.4, -0.2) is 0 Å². The van der Waals surface area contributed by atoms with Crippen LogP contribution in [0.3, 0.4) is 0 Å². The van der Waals surface area contributed by atoms with Crippen molar-refractivity contribution in [3.63, 3.8) is 0 Å². The molecule has 178 valence electrons. The Morgan fingerprint density at radius 2 is 1.39 bits per heavy atom. The van der Waals surface area contributed by atoms with Gasteiger partial charge in [0.1, 0.15) is 0 Å². The molecule has 1 aliphatic heterocycles. The minimum atomic E-state index is -0.00673. The number of aromatic nitrogens is 1. The van der Waals surface area contributed by atoms with Gasteiger partial charge in [0.25, 0.3) is 0 Å². The Kier molecular flexibility index (Phi) is 4.42. The van der Waals surface area contributed by atoms with E-state index in [-0.39, 0.29) is 10.8 Å². The Morgan fingerprint density at radius 3 is 2.19 bits per heavy atom. The van der Waals surface area contributed by atoms with E-state index in [1.54, 1.807) is 0 Å². The number of hydrogen-bond acceptors (Lipinski definition) is 0. The normalized spacial score (nSPS) is 18.5. The Balaban J connectivity index is 1.64. The van der Waals surface area contributed by atoms with Crippen molar-refractivity contribution in [2.75, 3.05) is 0 Å². The first-order chi connectivity index (χ1) is 17.4. The summed E-state index contributed by atoms with van der Waals surface area (Å²) in [7, 11) is 0. The predicted molar refractivity (Wildman–Crippen MR) is 152 cm³/mol. The van der Waals surface area contributed by atoms with Crippen molar-refractivity contribution in [3.05, 3.63) is 102 Å². The molecule has 0 fully saturated rings. The van der Waals surface area contributed by atoms with Crippen LogP contribution < -0.4 is 4.57 Å². The molecule has 2 aliphatic rings. The number of nitrogens with zero attached hydrogens (tertiary/aromatic N) is 1. The van der Waals surface area contributed by atoms with Crippen molar-refractivity contribution < 1.29 is 4.57 Å². The summed E-state index contributed by atoms with van der Waals surface area (Å²) in [5, 5.41) is 5.35. The average molecular weight is 469 g/mol. The smallest absolute Gasteiger partial charge is 0.194 e. The maximum Gasteiger partial charge on any atom is 0.220 e. The van der Waals surface area contributed by atoms with Crippen molar-refractivity contribution >= 4 is 21.5 Å². The molecule has 1 nitrogen and oxygen atoms in total. The fourth-order valence-corrected chi connectivity index (χ4v) is 7.73. The molecule has 2 heterocycles. The third-order valence-corrected chi connectivity index (χ3v) is 9.88. The van der Waals surface area contributed by atoms with E-state index in [2.05, 4.69) is 124 Å². The Morgan fingerprint density at radius 1 is 0.667 bits per heavy atom.